The summed E-state index contributed by atoms with van der Waals surface area (Å²) in [6.07, 6.45) is 2.56. The first-order valence-electron chi connectivity index (χ1n) is 15.2. The number of methoxy groups -OCH3 is 2. The number of fused-ring (bicyclic) bond motifs is 1. The number of likely N-dealkylation sites (tertiary alicyclic amines) is 1. The molecule has 2 aliphatic rings. The quantitative estimate of drug-likeness (QED) is 0.314. The molecule has 1 unspecified atom stereocenters. The van der Waals surface area contributed by atoms with Crippen molar-refractivity contribution in [3.63, 3.8) is 0 Å². The highest BCUT2D eigenvalue weighted by Gasteiger charge is 2.33. The van der Waals surface area contributed by atoms with Crippen LogP contribution in [0.4, 0.5) is 10.5 Å². The predicted octanol–water partition coefficient (Wildman–Crippen LogP) is 5.39. The van der Waals surface area contributed by atoms with Crippen LogP contribution in [-0.4, -0.2) is 67.6 Å². The third-order valence-electron chi connectivity index (χ3n) is 8.58. The molecule has 2 heterocycles. The fourth-order valence-corrected chi connectivity index (χ4v) is 6.19. The smallest absolute Gasteiger partial charge is 0.322 e. The Hall–Kier alpha value is -4.53. The van der Waals surface area contributed by atoms with Crippen LogP contribution in [0.25, 0.3) is 0 Å². The molecule has 1 atom stereocenters. The van der Waals surface area contributed by atoms with Crippen LogP contribution in [0.5, 0.6) is 11.5 Å². The van der Waals surface area contributed by atoms with E-state index in [-0.39, 0.29) is 24.4 Å². The monoisotopic (exact) mass is 599 g/mol. The topological polar surface area (TPSA) is 97.4 Å². The van der Waals surface area contributed by atoms with E-state index in [2.05, 4.69) is 5.32 Å². The number of urea groups is 1. The highest BCUT2D eigenvalue weighted by Crippen LogP contribution is 2.34. The van der Waals surface area contributed by atoms with E-state index in [9.17, 15) is 14.4 Å². The summed E-state index contributed by atoms with van der Waals surface area (Å²) >= 11 is 0. The van der Waals surface area contributed by atoms with Crippen LogP contribution in [0.2, 0.25) is 0 Å². The average molecular weight is 600 g/mol. The zero-order chi connectivity index (χ0) is 31.1. The van der Waals surface area contributed by atoms with Crippen LogP contribution in [0.15, 0.2) is 66.7 Å². The van der Waals surface area contributed by atoms with E-state index in [1.54, 1.807) is 7.11 Å². The van der Waals surface area contributed by atoms with Gasteiger partial charge in [-0.3, -0.25) is 9.59 Å². The Balaban J connectivity index is 1.19. The second-order valence-electron chi connectivity index (χ2n) is 11.5. The lowest BCUT2D eigenvalue weighted by Crippen LogP contribution is -2.50. The molecule has 1 fully saturated rings. The van der Waals surface area contributed by atoms with Crippen molar-refractivity contribution in [3.05, 3.63) is 89.0 Å². The highest BCUT2D eigenvalue weighted by atomic mass is 16.5. The van der Waals surface area contributed by atoms with Crippen molar-refractivity contribution >= 4 is 23.6 Å². The molecule has 44 heavy (non-hydrogen) atoms. The molecule has 3 aromatic carbocycles. The average Bonchev–Trinajstić information content (AvgIpc) is 3.21. The molecule has 0 aromatic heterocycles. The molecule has 0 saturated carbocycles. The lowest BCUT2D eigenvalue weighted by Gasteiger charge is -2.38. The number of aryl methyl sites for hydroxylation is 1. The van der Waals surface area contributed by atoms with Crippen LogP contribution in [0, 0.1) is 12.8 Å². The summed E-state index contributed by atoms with van der Waals surface area (Å²) in [5.41, 5.74) is 4.79. The molecule has 0 radical (unpaired) electrons. The predicted molar refractivity (Wildman–Crippen MR) is 168 cm³/mol. The van der Waals surface area contributed by atoms with Gasteiger partial charge in [-0.1, -0.05) is 54.6 Å². The summed E-state index contributed by atoms with van der Waals surface area (Å²) in [5, 5.41) is 3.04. The molecule has 1 saturated heterocycles. The number of nitrogens with zero attached hydrogens (tertiary/aromatic N) is 2. The van der Waals surface area contributed by atoms with Crippen molar-refractivity contribution in [2.24, 2.45) is 5.92 Å². The Morgan fingerprint density at radius 1 is 0.955 bits per heavy atom. The molecule has 0 spiro atoms. The molecule has 1 N–H and O–H groups in total. The van der Waals surface area contributed by atoms with Gasteiger partial charge in [0.15, 0.2) is 11.5 Å². The molecule has 5 rings (SSSR count). The zero-order valence-corrected chi connectivity index (χ0v) is 25.7. The summed E-state index contributed by atoms with van der Waals surface area (Å²) in [6.45, 7) is 4.06. The highest BCUT2D eigenvalue weighted by molar-refractivity contribution is 5.91. The fraction of sp³-hybridized carbons (Fsp3) is 0.400. The van der Waals surface area contributed by atoms with Crippen molar-refractivity contribution in [2.75, 3.05) is 39.2 Å². The maximum atomic E-state index is 13.4. The Kier molecular flexibility index (Phi) is 10.0. The van der Waals surface area contributed by atoms with E-state index in [0.29, 0.717) is 57.0 Å². The number of piperidine rings is 1. The number of hydrogen-bond donors (Lipinski definition) is 1. The molecule has 0 aliphatic carbocycles. The number of carbonyl (C=O) groups excluding carboxylic acids is 3. The second kappa shape index (κ2) is 14.3. The van der Waals surface area contributed by atoms with Crippen molar-refractivity contribution in [1.82, 2.24) is 9.80 Å². The number of anilines is 1. The van der Waals surface area contributed by atoms with Crippen LogP contribution >= 0.6 is 0 Å². The van der Waals surface area contributed by atoms with Gasteiger partial charge in [0.1, 0.15) is 6.61 Å². The molecular formula is C35H41N3O6. The molecule has 3 aromatic rings. The van der Waals surface area contributed by atoms with Gasteiger partial charge < -0.3 is 29.3 Å². The number of esters is 1. The van der Waals surface area contributed by atoms with Crippen LogP contribution in [0.1, 0.15) is 41.5 Å². The van der Waals surface area contributed by atoms with E-state index < -0.39 is 11.9 Å². The van der Waals surface area contributed by atoms with Gasteiger partial charge in [0.2, 0.25) is 5.91 Å². The minimum absolute atomic E-state index is 0.0461. The minimum Gasteiger partial charge on any atom is -0.493 e. The summed E-state index contributed by atoms with van der Waals surface area (Å²) in [4.78, 5) is 42.9. The first-order valence-corrected chi connectivity index (χ1v) is 15.2. The van der Waals surface area contributed by atoms with E-state index in [1.165, 1.54) is 7.11 Å². The van der Waals surface area contributed by atoms with Crippen molar-refractivity contribution in [3.8, 4) is 11.5 Å². The van der Waals surface area contributed by atoms with E-state index in [0.717, 1.165) is 34.4 Å². The van der Waals surface area contributed by atoms with Gasteiger partial charge in [-0.15, -0.1) is 0 Å². The number of carbonyl (C=O) groups is 3. The minimum atomic E-state index is -0.639. The van der Waals surface area contributed by atoms with E-state index in [4.69, 9.17) is 14.2 Å². The summed E-state index contributed by atoms with van der Waals surface area (Å²) in [6, 6.07) is 21.6. The SMILES string of the molecule is COC(=O)C(CC(=O)N1CCC(N2CCc3ccccc3NC2=O)CC1)Cc1cc(C)c(OCc2ccccc2)c(OC)c1. The van der Waals surface area contributed by atoms with Crippen LogP contribution in [-0.2, 0) is 33.8 Å². The van der Waals surface area contributed by atoms with Gasteiger partial charge in [-0.25, -0.2) is 4.79 Å². The first-order chi connectivity index (χ1) is 21.4. The summed E-state index contributed by atoms with van der Waals surface area (Å²) < 4.78 is 16.8. The van der Waals surface area contributed by atoms with Gasteiger partial charge >= 0.3 is 12.0 Å². The Labute approximate surface area is 259 Å². The number of ether oxygens (including phenoxy) is 3. The van der Waals surface area contributed by atoms with Gasteiger partial charge in [0.05, 0.1) is 20.1 Å². The zero-order valence-electron chi connectivity index (χ0n) is 25.7. The normalized spacial score (nSPS) is 15.9. The molecule has 3 amide bonds. The van der Waals surface area contributed by atoms with Gasteiger partial charge in [-0.2, -0.15) is 0 Å². The second-order valence-corrected chi connectivity index (χ2v) is 11.5. The number of amides is 3. The van der Waals surface area contributed by atoms with Crippen molar-refractivity contribution in [1.29, 1.82) is 0 Å². The van der Waals surface area contributed by atoms with Gasteiger partial charge in [0, 0.05) is 37.8 Å². The summed E-state index contributed by atoms with van der Waals surface area (Å²) in [7, 11) is 2.94. The number of hydrogen-bond acceptors (Lipinski definition) is 6. The molecule has 2 aliphatic heterocycles. The maximum absolute atomic E-state index is 13.4. The number of para-hydroxylation sites is 1. The number of benzene rings is 3. The fourth-order valence-electron chi connectivity index (χ4n) is 6.19. The van der Waals surface area contributed by atoms with Crippen molar-refractivity contribution < 1.29 is 28.6 Å². The molecule has 0 bridgehead atoms. The number of rotatable bonds is 10. The van der Waals surface area contributed by atoms with Crippen molar-refractivity contribution in [2.45, 2.75) is 51.7 Å². The van der Waals surface area contributed by atoms with Gasteiger partial charge in [-0.05, 0) is 67.0 Å². The lowest BCUT2D eigenvalue weighted by atomic mass is 9.93. The summed E-state index contributed by atoms with van der Waals surface area (Å²) in [5.74, 6) is 0.0812. The van der Waals surface area contributed by atoms with Crippen LogP contribution in [0.3, 0.4) is 0 Å². The molecule has 232 valence electrons. The maximum Gasteiger partial charge on any atom is 0.322 e. The Bertz CT molecular complexity index is 1470. The Morgan fingerprint density at radius 2 is 1.68 bits per heavy atom. The lowest BCUT2D eigenvalue weighted by molar-refractivity contribution is -0.149. The van der Waals surface area contributed by atoms with E-state index in [1.807, 2.05) is 83.5 Å². The third-order valence-corrected chi connectivity index (χ3v) is 8.58. The van der Waals surface area contributed by atoms with Gasteiger partial charge in [0.25, 0.3) is 0 Å². The molecular weight excluding hydrogens is 558 g/mol. The largest absolute Gasteiger partial charge is 0.493 e. The standard InChI is InChI=1S/C35H41N3O6/c1-24-19-26(21-31(42-2)33(24)44-23-25-9-5-4-6-10-25)20-28(34(40)43-3)22-32(39)37-16-14-29(15-17-37)38-18-13-27-11-7-8-12-30(27)36-35(38)41/h4-12,19,21,28-29H,13-18,20,22-23H2,1-3H3,(H,36,41). The molecule has 9 heteroatoms. The third kappa shape index (κ3) is 7.33. The number of nitrogens with one attached hydrogen (secondary N) is 1. The Morgan fingerprint density at radius 3 is 2.41 bits per heavy atom. The molecule has 9 nitrogen and oxygen atoms in total. The van der Waals surface area contributed by atoms with Crippen LogP contribution < -0.4 is 14.8 Å². The first kappa shape index (κ1) is 30.9. The van der Waals surface area contributed by atoms with E-state index >= 15 is 0 Å².